The summed E-state index contributed by atoms with van der Waals surface area (Å²) in [5, 5.41) is 0.0105. The Morgan fingerprint density at radius 2 is 1.84 bits per heavy atom. The Kier molecular flexibility index (Phi) is 6.09. The van der Waals surface area contributed by atoms with Gasteiger partial charge in [0.15, 0.2) is 25.6 Å². The molecule has 0 radical (unpaired) electrons. The quantitative estimate of drug-likeness (QED) is 0.259. The van der Waals surface area contributed by atoms with Crippen molar-refractivity contribution in [2.45, 2.75) is 81.9 Å². The smallest absolute Gasteiger partial charge is 0.343 e. The molecule has 1 aliphatic heterocycles. The number of fused-ring (bicyclic) bond motifs is 1. The molecule has 1 saturated carbocycles. The second-order valence-electron chi connectivity index (χ2n) is 12.0. The number of rotatable bonds is 6. The zero-order chi connectivity index (χ0) is 26.8. The Bertz CT molecular complexity index is 1250. The highest BCUT2D eigenvalue weighted by atomic mass is 28.4. The number of ether oxygens (including phenoxy) is 4. The summed E-state index contributed by atoms with van der Waals surface area (Å²) >= 11 is 0. The average Bonchev–Trinajstić information content (AvgIpc) is 3.11. The van der Waals surface area contributed by atoms with Gasteiger partial charge in [-0.05, 0) is 49.2 Å². The number of carbonyl (C=O) groups excluding carboxylic acids is 2. The van der Waals surface area contributed by atoms with Gasteiger partial charge in [-0.3, -0.25) is 4.79 Å². The van der Waals surface area contributed by atoms with Crippen LogP contribution in [-0.4, -0.2) is 46.2 Å². The molecule has 0 saturated heterocycles. The van der Waals surface area contributed by atoms with Gasteiger partial charge in [0.1, 0.15) is 6.10 Å². The summed E-state index contributed by atoms with van der Waals surface area (Å²) in [7, 11) is 0.989. The van der Waals surface area contributed by atoms with Crippen molar-refractivity contribution in [2.75, 3.05) is 14.2 Å². The lowest BCUT2D eigenvalue weighted by Crippen LogP contribution is -2.63. The maximum atomic E-state index is 13.3. The van der Waals surface area contributed by atoms with Crippen molar-refractivity contribution in [3.8, 4) is 17.2 Å². The largest absolute Gasteiger partial charge is 0.490 e. The SMILES string of the molecule is COc1c(OC(=O)c2ccccc2)cc2c3c1O[C@@]1(OC)C[C@]3(CC[C@@H]1O[Si](C)(C)C(C)(C)C)CC2=O. The first-order chi connectivity index (χ1) is 17.4. The molecule has 1 spiro atoms. The fourth-order valence-electron chi connectivity index (χ4n) is 5.82. The molecule has 0 unspecified atom stereocenters. The van der Waals surface area contributed by atoms with Crippen LogP contribution >= 0.6 is 0 Å². The Labute approximate surface area is 219 Å². The van der Waals surface area contributed by atoms with Crippen LogP contribution in [0.5, 0.6) is 17.2 Å². The third-order valence-corrected chi connectivity index (χ3v) is 13.3. The Hall–Kier alpha value is -2.68. The van der Waals surface area contributed by atoms with Crippen LogP contribution in [-0.2, 0) is 14.6 Å². The van der Waals surface area contributed by atoms with Crippen molar-refractivity contribution < 1.29 is 33.0 Å². The zero-order valence-corrected chi connectivity index (χ0v) is 23.7. The normalized spacial score (nSPS) is 26.4. The summed E-state index contributed by atoms with van der Waals surface area (Å²) < 4.78 is 31.3. The third-order valence-electron chi connectivity index (χ3n) is 8.77. The van der Waals surface area contributed by atoms with Gasteiger partial charge in [-0.2, -0.15) is 0 Å². The number of hydrogen-bond acceptors (Lipinski definition) is 7. The average molecular weight is 525 g/mol. The van der Waals surface area contributed by atoms with Gasteiger partial charge in [-0.15, -0.1) is 0 Å². The molecule has 0 aromatic heterocycles. The fraction of sp³-hybridized carbons (Fsp3) is 0.517. The van der Waals surface area contributed by atoms with E-state index < -0.39 is 25.5 Å². The number of benzene rings is 2. The van der Waals surface area contributed by atoms with Gasteiger partial charge in [0.25, 0.3) is 0 Å². The van der Waals surface area contributed by atoms with E-state index >= 15 is 0 Å². The fourth-order valence-corrected chi connectivity index (χ4v) is 7.18. The number of esters is 1. The second kappa shape index (κ2) is 8.68. The molecule has 2 bridgehead atoms. The van der Waals surface area contributed by atoms with Crippen LogP contribution in [0, 0.1) is 0 Å². The lowest BCUT2D eigenvalue weighted by Gasteiger charge is -2.55. The van der Waals surface area contributed by atoms with Crippen LogP contribution in [0.25, 0.3) is 0 Å². The summed E-state index contributed by atoms with van der Waals surface area (Å²) in [4.78, 5) is 26.3. The van der Waals surface area contributed by atoms with Crippen molar-refractivity contribution in [1.29, 1.82) is 0 Å². The minimum atomic E-state index is -2.16. The number of Topliss-reactive ketones (excluding diaryl/α,β-unsaturated/α-hetero) is 1. The maximum Gasteiger partial charge on any atom is 0.343 e. The number of methoxy groups -OCH3 is 2. The first-order valence-electron chi connectivity index (χ1n) is 12.8. The minimum Gasteiger partial charge on any atom is -0.490 e. The summed E-state index contributed by atoms with van der Waals surface area (Å²) in [5.41, 5.74) is 1.33. The Morgan fingerprint density at radius 3 is 2.46 bits per heavy atom. The zero-order valence-electron chi connectivity index (χ0n) is 22.7. The molecular formula is C29H36O7Si. The molecule has 37 heavy (non-hydrogen) atoms. The number of ketones is 1. The van der Waals surface area contributed by atoms with E-state index in [0.29, 0.717) is 29.7 Å². The molecule has 0 N–H and O–H groups in total. The monoisotopic (exact) mass is 524 g/mol. The van der Waals surface area contributed by atoms with Gasteiger partial charge in [-0.1, -0.05) is 39.0 Å². The first kappa shape index (κ1) is 25.9. The van der Waals surface area contributed by atoms with E-state index in [-0.39, 0.29) is 28.4 Å². The van der Waals surface area contributed by atoms with E-state index in [1.54, 1.807) is 37.4 Å². The van der Waals surface area contributed by atoms with Gasteiger partial charge in [-0.25, -0.2) is 4.79 Å². The number of carbonyl (C=O) groups is 2. The van der Waals surface area contributed by atoms with Crippen molar-refractivity contribution in [3.05, 3.63) is 53.1 Å². The topological polar surface area (TPSA) is 80.3 Å². The maximum absolute atomic E-state index is 13.3. The van der Waals surface area contributed by atoms with Crippen LogP contribution in [0.2, 0.25) is 18.1 Å². The van der Waals surface area contributed by atoms with Crippen molar-refractivity contribution in [3.63, 3.8) is 0 Å². The molecule has 2 aromatic carbocycles. The molecule has 0 amide bonds. The molecule has 8 heteroatoms. The van der Waals surface area contributed by atoms with E-state index in [9.17, 15) is 9.59 Å². The van der Waals surface area contributed by atoms with E-state index in [2.05, 4.69) is 33.9 Å². The number of hydrogen-bond donors (Lipinski definition) is 0. The highest BCUT2D eigenvalue weighted by molar-refractivity contribution is 6.74. The lowest BCUT2D eigenvalue weighted by molar-refractivity contribution is -0.256. The molecule has 2 aliphatic carbocycles. The Balaban J connectivity index is 1.60. The molecular weight excluding hydrogens is 488 g/mol. The van der Waals surface area contributed by atoms with Gasteiger partial charge in [0.05, 0.1) is 12.7 Å². The van der Waals surface area contributed by atoms with Crippen molar-refractivity contribution >= 4 is 20.1 Å². The lowest BCUT2D eigenvalue weighted by atomic mass is 9.65. The Morgan fingerprint density at radius 1 is 1.14 bits per heavy atom. The molecule has 3 aliphatic rings. The molecule has 2 aromatic rings. The molecule has 3 atom stereocenters. The van der Waals surface area contributed by atoms with Gasteiger partial charge in [0, 0.05) is 36.5 Å². The van der Waals surface area contributed by atoms with Crippen LogP contribution in [0.15, 0.2) is 36.4 Å². The van der Waals surface area contributed by atoms with Crippen LogP contribution < -0.4 is 14.2 Å². The first-order valence-corrected chi connectivity index (χ1v) is 15.8. The summed E-state index contributed by atoms with van der Waals surface area (Å²) in [6, 6.07) is 10.3. The molecule has 7 nitrogen and oxygen atoms in total. The summed E-state index contributed by atoms with van der Waals surface area (Å²) in [6.45, 7) is 11.1. The van der Waals surface area contributed by atoms with E-state index in [1.165, 1.54) is 7.11 Å². The van der Waals surface area contributed by atoms with Crippen molar-refractivity contribution in [2.24, 2.45) is 0 Å². The predicted molar refractivity (Wildman–Crippen MR) is 141 cm³/mol. The van der Waals surface area contributed by atoms with Gasteiger partial charge in [0.2, 0.25) is 11.5 Å². The van der Waals surface area contributed by atoms with Gasteiger partial charge < -0.3 is 23.4 Å². The van der Waals surface area contributed by atoms with Gasteiger partial charge >= 0.3 is 5.97 Å². The third kappa shape index (κ3) is 4.01. The highest BCUT2D eigenvalue weighted by Gasteiger charge is 2.63. The van der Waals surface area contributed by atoms with Crippen LogP contribution in [0.1, 0.15) is 72.7 Å². The van der Waals surface area contributed by atoms with E-state index in [0.717, 1.165) is 18.4 Å². The molecule has 1 heterocycles. The molecule has 198 valence electrons. The summed E-state index contributed by atoms with van der Waals surface area (Å²) in [5.74, 6) is -0.756. The van der Waals surface area contributed by atoms with E-state index in [4.69, 9.17) is 23.4 Å². The van der Waals surface area contributed by atoms with Crippen molar-refractivity contribution in [1.82, 2.24) is 0 Å². The highest BCUT2D eigenvalue weighted by Crippen LogP contribution is 2.63. The second-order valence-corrected chi connectivity index (χ2v) is 16.8. The van der Waals surface area contributed by atoms with E-state index in [1.807, 2.05) is 6.07 Å². The predicted octanol–water partition coefficient (Wildman–Crippen LogP) is 6.05. The minimum absolute atomic E-state index is 0.00943. The molecule has 1 fully saturated rings. The standard InChI is InChI=1S/C29H36O7Si/c1-27(2,3)37(6,7)36-22-13-14-28-16-20(30)19-15-21(34-26(31)18-11-9-8-10-12-18)24(32-4)25(23(19)28)35-29(22,17-28)33-5/h8-12,15,22H,13-14,16-17H2,1-7H3/t22-,28-,29-/m0/s1. The summed E-state index contributed by atoms with van der Waals surface area (Å²) in [6.07, 6.45) is 2.07. The molecule has 5 rings (SSSR count). The van der Waals surface area contributed by atoms with Crippen LogP contribution in [0.4, 0.5) is 0 Å². The van der Waals surface area contributed by atoms with Crippen LogP contribution in [0.3, 0.4) is 0 Å².